The van der Waals surface area contributed by atoms with Crippen LogP contribution in [-0.2, 0) is 0 Å². The number of methoxy groups -OCH3 is 1. The number of anilines is 1. The maximum atomic E-state index is 13.2. The highest BCUT2D eigenvalue weighted by molar-refractivity contribution is 6.09. The van der Waals surface area contributed by atoms with Gasteiger partial charge in [0.1, 0.15) is 17.2 Å². The van der Waals surface area contributed by atoms with Crippen LogP contribution in [0.15, 0.2) is 48.7 Å². The number of carbonyl (C=O) groups is 3. The third-order valence-electron chi connectivity index (χ3n) is 5.94. The van der Waals surface area contributed by atoms with E-state index in [-0.39, 0.29) is 46.4 Å². The molecule has 12 heteroatoms. The average molecular weight is 535 g/mol. The highest BCUT2D eigenvalue weighted by Gasteiger charge is 2.28. The standard InChI is InChI=1S/C27H30N6O6/c1-27(2,3)20(13-34)32-24(35)19-11-17(26(37)38)18(12-30-19)16-9-10-21(39-4)33-22(16)25(36)31-15-7-5-14(6-8-15)23(28)29/h5-12,20,34H,13H2,1-4H3,(H3,28,29)(H,31,36)(H,32,35)(H,37,38). The van der Waals surface area contributed by atoms with Gasteiger partial charge in [-0.05, 0) is 41.8 Å². The predicted molar refractivity (Wildman–Crippen MR) is 144 cm³/mol. The Labute approximate surface area is 224 Å². The zero-order chi connectivity index (χ0) is 28.9. The van der Waals surface area contributed by atoms with Crippen molar-refractivity contribution in [1.82, 2.24) is 15.3 Å². The number of aliphatic hydroxyl groups is 1. The lowest BCUT2D eigenvalue weighted by Crippen LogP contribution is -2.46. The monoisotopic (exact) mass is 534 g/mol. The molecule has 1 aromatic carbocycles. The number of nitrogen functional groups attached to an aromatic ring is 1. The molecule has 0 saturated carbocycles. The quantitative estimate of drug-likeness (QED) is 0.176. The summed E-state index contributed by atoms with van der Waals surface area (Å²) in [5.41, 5.74) is 5.50. The van der Waals surface area contributed by atoms with E-state index in [1.165, 1.54) is 25.4 Å². The number of ether oxygens (including phenoxy) is 1. The van der Waals surface area contributed by atoms with Crippen LogP contribution in [0.2, 0.25) is 0 Å². The molecule has 0 aliphatic heterocycles. The maximum absolute atomic E-state index is 13.2. The van der Waals surface area contributed by atoms with E-state index in [0.29, 0.717) is 11.3 Å². The first kappa shape index (κ1) is 28.7. The number of amidine groups is 1. The van der Waals surface area contributed by atoms with Crippen LogP contribution in [0.5, 0.6) is 5.88 Å². The Kier molecular flexibility index (Phi) is 8.61. The molecule has 0 saturated heterocycles. The van der Waals surface area contributed by atoms with Gasteiger partial charge in [0.25, 0.3) is 11.8 Å². The molecule has 39 heavy (non-hydrogen) atoms. The van der Waals surface area contributed by atoms with Crippen molar-refractivity contribution in [2.75, 3.05) is 19.0 Å². The van der Waals surface area contributed by atoms with Crippen molar-refractivity contribution in [1.29, 1.82) is 5.41 Å². The van der Waals surface area contributed by atoms with Crippen molar-refractivity contribution < 1.29 is 29.3 Å². The van der Waals surface area contributed by atoms with Gasteiger partial charge >= 0.3 is 5.97 Å². The summed E-state index contributed by atoms with van der Waals surface area (Å²) in [6.45, 7) is 5.21. The molecule has 2 heterocycles. The molecule has 0 aliphatic carbocycles. The number of pyridine rings is 2. The van der Waals surface area contributed by atoms with Crippen molar-refractivity contribution in [3.05, 3.63) is 71.2 Å². The van der Waals surface area contributed by atoms with E-state index in [1.54, 1.807) is 24.3 Å². The molecular formula is C27H30N6O6. The van der Waals surface area contributed by atoms with Gasteiger partial charge in [0, 0.05) is 34.6 Å². The second kappa shape index (κ2) is 11.7. The van der Waals surface area contributed by atoms with E-state index in [1.807, 2.05) is 20.8 Å². The van der Waals surface area contributed by atoms with Crippen LogP contribution in [0.1, 0.15) is 57.7 Å². The largest absolute Gasteiger partial charge is 0.481 e. The fourth-order valence-electron chi connectivity index (χ4n) is 3.61. The van der Waals surface area contributed by atoms with Crippen LogP contribution in [0.25, 0.3) is 11.1 Å². The summed E-state index contributed by atoms with van der Waals surface area (Å²) in [7, 11) is 1.37. The van der Waals surface area contributed by atoms with E-state index in [2.05, 4.69) is 20.6 Å². The Balaban J connectivity index is 2.02. The van der Waals surface area contributed by atoms with Gasteiger partial charge in [0.15, 0.2) is 0 Å². The number of hydrogen-bond acceptors (Lipinski definition) is 8. The zero-order valence-corrected chi connectivity index (χ0v) is 21.9. The lowest BCUT2D eigenvalue weighted by Gasteiger charge is -2.29. The molecule has 204 valence electrons. The van der Waals surface area contributed by atoms with Crippen molar-refractivity contribution >= 4 is 29.3 Å². The van der Waals surface area contributed by atoms with Gasteiger partial charge < -0.3 is 31.3 Å². The molecule has 1 unspecified atom stereocenters. The van der Waals surface area contributed by atoms with Crippen LogP contribution in [0, 0.1) is 10.8 Å². The van der Waals surface area contributed by atoms with E-state index in [4.69, 9.17) is 15.9 Å². The van der Waals surface area contributed by atoms with E-state index in [9.17, 15) is 24.6 Å². The number of nitrogens with one attached hydrogen (secondary N) is 3. The Hall–Kier alpha value is -4.84. The molecular weight excluding hydrogens is 504 g/mol. The first-order chi connectivity index (χ1) is 18.3. The van der Waals surface area contributed by atoms with Gasteiger partial charge in [-0.25, -0.2) is 9.78 Å². The van der Waals surface area contributed by atoms with Gasteiger partial charge in [0.2, 0.25) is 5.88 Å². The number of hydrogen-bond donors (Lipinski definition) is 6. The highest BCUT2D eigenvalue weighted by Crippen LogP contribution is 2.29. The van der Waals surface area contributed by atoms with E-state index in [0.717, 1.165) is 6.07 Å². The van der Waals surface area contributed by atoms with Gasteiger partial charge in [-0.1, -0.05) is 20.8 Å². The van der Waals surface area contributed by atoms with Crippen LogP contribution in [0.3, 0.4) is 0 Å². The van der Waals surface area contributed by atoms with Crippen molar-refractivity contribution in [3.8, 4) is 17.0 Å². The normalized spacial score (nSPS) is 11.8. The van der Waals surface area contributed by atoms with Crippen LogP contribution >= 0.6 is 0 Å². The van der Waals surface area contributed by atoms with Crippen molar-refractivity contribution in [2.24, 2.45) is 11.1 Å². The first-order valence-corrected chi connectivity index (χ1v) is 11.8. The average Bonchev–Trinajstić information content (AvgIpc) is 2.90. The molecule has 3 aromatic rings. The minimum atomic E-state index is -1.35. The lowest BCUT2D eigenvalue weighted by molar-refractivity contribution is 0.0697. The summed E-state index contributed by atoms with van der Waals surface area (Å²) in [6.07, 6.45) is 1.19. The van der Waals surface area contributed by atoms with Gasteiger partial charge in [0.05, 0.1) is 25.3 Å². The summed E-state index contributed by atoms with van der Waals surface area (Å²) in [6, 6.07) is 9.71. The fourth-order valence-corrected chi connectivity index (χ4v) is 3.61. The third kappa shape index (κ3) is 6.73. The summed E-state index contributed by atoms with van der Waals surface area (Å²) in [4.78, 5) is 46.7. The SMILES string of the molecule is COc1ccc(-c2cnc(C(=O)NC(CO)C(C)(C)C)cc2C(=O)O)c(C(=O)Nc2ccc(C(=N)N)cc2)n1. The van der Waals surface area contributed by atoms with Gasteiger partial charge in [-0.15, -0.1) is 0 Å². The molecule has 1 atom stereocenters. The smallest absolute Gasteiger partial charge is 0.336 e. The summed E-state index contributed by atoms with van der Waals surface area (Å²) < 4.78 is 5.16. The molecule has 0 bridgehead atoms. The number of carboxylic acid groups (broad SMARTS) is 1. The molecule has 3 rings (SSSR count). The molecule has 0 aliphatic rings. The van der Waals surface area contributed by atoms with Crippen molar-refractivity contribution in [3.63, 3.8) is 0 Å². The molecule has 12 nitrogen and oxygen atoms in total. The third-order valence-corrected chi connectivity index (χ3v) is 5.94. The maximum Gasteiger partial charge on any atom is 0.336 e. The number of aromatic nitrogens is 2. The molecule has 7 N–H and O–H groups in total. The summed E-state index contributed by atoms with van der Waals surface area (Å²) in [5, 5.41) is 32.5. The fraction of sp³-hybridized carbons (Fsp3) is 0.259. The number of nitrogens with two attached hydrogens (primary N) is 1. The van der Waals surface area contributed by atoms with Gasteiger partial charge in [-0.3, -0.25) is 20.0 Å². The number of amides is 2. The Morgan fingerprint density at radius 3 is 2.28 bits per heavy atom. The molecule has 0 fully saturated rings. The number of aliphatic hydroxyl groups excluding tert-OH is 1. The van der Waals surface area contributed by atoms with E-state index >= 15 is 0 Å². The van der Waals surface area contributed by atoms with Gasteiger partial charge in [-0.2, -0.15) is 0 Å². The summed E-state index contributed by atoms with van der Waals surface area (Å²) in [5.74, 6) is -2.67. The summed E-state index contributed by atoms with van der Waals surface area (Å²) >= 11 is 0. The lowest BCUT2D eigenvalue weighted by atomic mass is 9.87. The number of nitrogens with zero attached hydrogens (tertiary/aromatic N) is 2. The van der Waals surface area contributed by atoms with Crippen LogP contribution in [-0.4, -0.2) is 63.6 Å². The van der Waals surface area contributed by atoms with Crippen molar-refractivity contribution in [2.45, 2.75) is 26.8 Å². The minimum absolute atomic E-state index is 0.0563. The van der Waals surface area contributed by atoms with Crippen LogP contribution < -0.4 is 21.1 Å². The molecule has 2 amide bonds. The number of benzene rings is 1. The first-order valence-electron chi connectivity index (χ1n) is 11.8. The van der Waals surface area contributed by atoms with Crippen LogP contribution in [0.4, 0.5) is 5.69 Å². The number of carboxylic acids is 1. The number of aromatic carboxylic acids is 1. The molecule has 0 radical (unpaired) electrons. The minimum Gasteiger partial charge on any atom is -0.481 e. The topological polar surface area (TPSA) is 201 Å². The highest BCUT2D eigenvalue weighted by atomic mass is 16.5. The Morgan fingerprint density at radius 1 is 1.08 bits per heavy atom. The Morgan fingerprint density at radius 2 is 1.74 bits per heavy atom. The zero-order valence-electron chi connectivity index (χ0n) is 21.9. The number of rotatable bonds is 9. The molecule has 0 spiro atoms. The second-order valence-corrected chi connectivity index (χ2v) is 9.69. The van der Waals surface area contributed by atoms with E-state index < -0.39 is 29.2 Å². The predicted octanol–water partition coefficient (Wildman–Crippen LogP) is 2.52. The molecule has 2 aromatic heterocycles. The Bertz CT molecular complexity index is 1420. The number of carbonyl (C=O) groups excluding carboxylic acids is 2. The second-order valence-electron chi connectivity index (χ2n) is 9.69.